The molecule has 0 radical (unpaired) electrons. The fourth-order valence-corrected chi connectivity index (χ4v) is 2.32. The Balaban J connectivity index is 2.99. The lowest BCUT2D eigenvalue weighted by Crippen LogP contribution is -2.29. The standard InChI is InChI=1S/C9H15N3O2S/c1-3-6-15(13,14)12(2)9-7-8(10)4-5-11-9/h4-5,7H,3,6H2,1-2H3,(H2,10,11). The zero-order chi connectivity index (χ0) is 11.5. The number of pyridine rings is 1. The van der Waals surface area contributed by atoms with E-state index in [-0.39, 0.29) is 5.75 Å². The molecule has 1 heterocycles. The normalized spacial score (nSPS) is 11.3. The minimum Gasteiger partial charge on any atom is -0.399 e. The molecule has 6 heteroatoms. The fraction of sp³-hybridized carbons (Fsp3) is 0.444. The van der Waals surface area contributed by atoms with E-state index in [2.05, 4.69) is 4.98 Å². The zero-order valence-corrected chi connectivity index (χ0v) is 9.66. The molecule has 0 atom stereocenters. The van der Waals surface area contributed by atoms with Crippen LogP contribution in [0, 0.1) is 0 Å². The molecule has 0 spiro atoms. The monoisotopic (exact) mass is 229 g/mol. The van der Waals surface area contributed by atoms with Crippen molar-refractivity contribution >= 4 is 21.5 Å². The highest BCUT2D eigenvalue weighted by Crippen LogP contribution is 2.16. The second-order valence-electron chi connectivity index (χ2n) is 3.23. The molecule has 0 amide bonds. The lowest BCUT2D eigenvalue weighted by molar-refractivity contribution is 0.592. The summed E-state index contributed by atoms with van der Waals surface area (Å²) in [6.45, 7) is 1.82. The van der Waals surface area contributed by atoms with E-state index in [4.69, 9.17) is 5.73 Å². The first kappa shape index (κ1) is 11.8. The third-order valence-electron chi connectivity index (χ3n) is 1.97. The van der Waals surface area contributed by atoms with Gasteiger partial charge in [0.2, 0.25) is 10.0 Å². The molecule has 0 bridgehead atoms. The van der Waals surface area contributed by atoms with Gasteiger partial charge in [-0.15, -0.1) is 0 Å². The van der Waals surface area contributed by atoms with Gasteiger partial charge in [0, 0.05) is 25.0 Å². The summed E-state index contributed by atoms with van der Waals surface area (Å²) < 4.78 is 24.5. The molecule has 0 saturated carbocycles. The molecule has 0 unspecified atom stereocenters. The van der Waals surface area contributed by atoms with E-state index in [9.17, 15) is 8.42 Å². The fourth-order valence-electron chi connectivity index (χ4n) is 1.14. The molecule has 0 aliphatic carbocycles. The Morgan fingerprint density at radius 2 is 2.20 bits per heavy atom. The van der Waals surface area contributed by atoms with Crippen LogP contribution in [-0.2, 0) is 10.0 Å². The predicted octanol–water partition coefficient (Wildman–Crippen LogP) is 0.840. The number of rotatable bonds is 4. The molecule has 2 N–H and O–H groups in total. The van der Waals surface area contributed by atoms with Crippen LogP contribution in [0.5, 0.6) is 0 Å². The van der Waals surface area contributed by atoms with Crippen LogP contribution in [0.2, 0.25) is 0 Å². The van der Waals surface area contributed by atoms with Gasteiger partial charge >= 0.3 is 0 Å². The highest BCUT2D eigenvalue weighted by molar-refractivity contribution is 7.92. The molecular weight excluding hydrogens is 214 g/mol. The first-order valence-corrected chi connectivity index (χ1v) is 6.26. The van der Waals surface area contributed by atoms with Gasteiger partial charge in [-0.3, -0.25) is 4.31 Å². The van der Waals surface area contributed by atoms with Gasteiger partial charge < -0.3 is 5.73 Å². The van der Waals surface area contributed by atoms with Gasteiger partial charge in [-0.25, -0.2) is 13.4 Å². The van der Waals surface area contributed by atoms with Crippen LogP contribution in [0.3, 0.4) is 0 Å². The lowest BCUT2D eigenvalue weighted by atomic mass is 10.4. The Morgan fingerprint density at radius 3 is 2.73 bits per heavy atom. The van der Waals surface area contributed by atoms with E-state index in [1.54, 1.807) is 6.07 Å². The average Bonchev–Trinajstić information content (AvgIpc) is 2.16. The molecule has 84 valence electrons. The second-order valence-corrected chi connectivity index (χ2v) is 5.35. The van der Waals surface area contributed by atoms with Crippen molar-refractivity contribution in [2.24, 2.45) is 0 Å². The molecule has 0 saturated heterocycles. The van der Waals surface area contributed by atoms with E-state index in [0.29, 0.717) is 17.9 Å². The van der Waals surface area contributed by atoms with Gasteiger partial charge in [0.1, 0.15) is 5.82 Å². The summed E-state index contributed by atoms with van der Waals surface area (Å²) in [6, 6.07) is 3.15. The summed E-state index contributed by atoms with van der Waals surface area (Å²) >= 11 is 0. The molecule has 0 aliphatic rings. The first-order valence-electron chi connectivity index (χ1n) is 4.65. The maximum atomic E-state index is 11.7. The molecule has 15 heavy (non-hydrogen) atoms. The van der Waals surface area contributed by atoms with Crippen LogP contribution < -0.4 is 10.0 Å². The summed E-state index contributed by atoms with van der Waals surface area (Å²) in [4.78, 5) is 3.95. The van der Waals surface area contributed by atoms with Gasteiger partial charge in [0.25, 0.3) is 0 Å². The maximum absolute atomic E-state index is 11.7. The van der Waals surface area contributed by atoms with Gasteiger partial charge in [-0.1, -0.05) is 6.92 Å². The van der Waals surface area contributed by atoms with E-state index >= 15 is 0 Å². The second kappa shape index (κ2) is 4.48. The number of anilines is 2. The molecule has 1 aromatic heterocycles. The summed E-state index contributed by atoms with van der Waals surface area (Å²) in [5.41, 5.74) is 6.05. The Kier molecular flexibility index (Phi) is 3.52. The molecule has 5 nitrogen and oxygen atoms in total. The number of aromatic nitrogens is 1. The number of hydrogen-bond donors (Lipinski definition) is 1. The molecule has 0 aliphatic heterocycles. The predicted molar refractivity (Wildman–Crippen MR) is 61.1 cm³/mol. The largest absolute Gasteiger partial charge is 0.399 e. The number of sulfonamides is 1. The van der Waals surface area contributed by atoms with Gasteiger partial charge in [-0.05, 0) is 12.5 Å². The van der Waals surface area contributed by atoms with Crippen LogP contribution in [0.15, 0.2) is 18.3 Å². The van der Waals surface area contributed by atoms with E-state index in [0.717, 1.165) is 4.31 Å². The summed E-state index contributed by atoms with van der Waals surface area (Å²) in [5.74, 6) is 0.462. The number of nitrogens with zero attached hydrogens (tertiary/aromatic N) is 2. The Labute approximate surface area is 90.0 Å². The summed E-state index contributed by atoms with van der Waals surface area (Å²) in [7, 11) is -1.79. The van der Waals surface area contributed by atoms with Crippen LogP contribution in [-0.4, -0.2) is 26.2 Å². The third-order valence-corrected chi connectivity index (χ3v) is 3.92. The van der Waals surface area contributed by atoms with Crippen molar-refractivity contribution in [1.82, 2.24) is 4.98 Å². The maximum Gasteiger partial charge on any atom is 0.236 e. The van der Waals surface area contributed by atoms with Crippen molar-refractivity contribution in [1.29, 1.82) is 0 Å². The van der Waals surface area contributed by atoms with Crippen LogP contribution in [0.4, 0.5) is 11.5 Å². The van der Waals surface area contributed by atoms with E-state index in [1.807, 2.05) is 6.92 Å². The first-order chi connectivity index (χ1) is 6.97. The molecule has 1 rings (SSSR count). The van der Waals surface area contributed by atoms with E-state index < -0.39 is 10.0 Å². The third kappa shape index (κ3) is 2.82. The van der Waals surface area contributed by atoms with Crippen molar-refractivity contribution in [2.75, 3.05) is 22.8 Å². The van der Waals surface area contributed by atoms with Crippen molar-refractivity contribution in [3.05, 3.63) is 18.3 Å². The minimum absolute atomic E-state index is 0.111. The number of nitrogen functional groups attached to an aromatic ring is 1. The van der Waals surface area contributed by atoms with Gasteiger partial charge in [0.15, 0.2) is 0 Å². The average molecular weight is 229 g/mol. The highest BCUT2D eigenvalue weighted by atomic mass is 32.2. The van der Waals surface area contributed by atoms with Crippen molar-refractivity contribution in [3.63, 3.8) is 0 Å². The SMILES string of the molecule is CCCS(=O)(=O)N(C)c1cc(N)ccn1. The Hall–Kier alpha value is -1.30. The van der Waals surface area contributed by atoms with Gasteiger partial charge in [-0.2, -0.15) is 0 Å². The van der Waals surface area contributed by atoms with Crippen molar-refractivity contribution < 1.29 is 8.42 Å². The minimum atomic E-state index is -3.26. The van der Waals surface area contributed by atoms with Crippen LogP contribution in [0.1, 0.15) is 13.3 Å². The zero-order valence-electron chi connectivity index (χ0n) is 8.84. The van der Waals surface area contributed by atoms with Crippen molar-refractivity contribution in [3.8, 4) is 0 Å². The van der Waals surface area contributed by atoms with Gasteiger partial charge in [0.05, 0.1) is 5.75 Å². The summed E-state index contributed by atoms with van der Waals surface area (Å²) in [5, 5.41) is 0. The smallest absolute Gasteiger partial charge is 0.236 e. The highest BCUT2D eigenvalue weighted by Gasteiger charge is 2.17. The number of nitrogens with two attached hydrogens (primary N) is 1. The van der Waals surface area contributed by atoms with Crippen LogP contribution >= 0.6 is 0 Å². The van der Waals surface area contributed by atoms with Crippen LogP contribution in [0.25, 0.3) is 0 Å². The lowest BCUT2D eigenvalue weighted by Gasteiger charge is -2.17. The molecule has 0 aromatic carbocycles. The topological polar surface area (TPSA) is 76.3 Å². The molecule has 1 aromatic rings. The summed E-state index contributed by atoms with van der Waals surface area (Å²) in [6.07, 6.45) is 2.07. The Morgan fingerprint density at radius 1 is 1.53 bits per heavy atom. The molecule has 0 fully saturated rings. The molecular formula is C9H15N3O2S. The van der Waals surface area contributed by atoms with E-state index in [1.165, 1.54) is 19.3 Å². The van der Waals surface area contributed by atoms with Crippen molar-refractivity contribution in [2.45, 2.75) is 13.3 Å². The number of hydrogen-bond acceptors (Lipinski definition) is 4. The Bertz CT molecular complexity index is 431. The quantitative estimate of drug-likeness (QED) is 0.830.